The minimum absolute atomic E-state index is 0.493. The van der Waals surface area contributed by atoms with Crippen LogP contribution in [0.5, 0.6) is 0 Å². The molecule has 0 aliphatic rings. The molecule has 0 heterocycles. The first kappa shape index (κ1) is 27.6. The highest BCUT2D eigenvalue weighted by Gasteiger charge is 2.55. The van der Waals surface area contributed by atoms with Crippen molar-refractivity contribution in [2.24, 2.45) is 0 Å². The molecule has 160 valence electrons. The number of halogens is 6. The maximum absolute atomic E-state index is 11.5. The third-order valence-corrected chi connectivity index (χ3v) is 5.41. The average molecular weight is 440 g/mol. The number of sulfonamides is 2. The second kappa shape index (κ2) is 8.58. The van der Waals surface area contributed by atoms with E-state index in [4.69, 9.17) is 0 Å². The smallest absolute Gasteiger partial charge is 0.512 e. The normalized spacial score (nSPS) is 14.6. The van der Waals surface area contributed by atoms with Crippen molar-refractivity contribution in [1.82, 2.24) is 4.13 Å². The largest absolute Gasteiger partial charge is 0.850 e. The van der Waals surface area contributed by atoms with Gasteiger partial charge in [0.25, 0.3) is 0 Å². The van der Waals surface area contributed by atoms with E-state index in [1.54, 1.807) is 13.8 Å². The summed E-state index contributed by atoms with van der Waals surface area (Å²) in [5.74, 6) is 0. The second-order valence-corrected chi connectivity index (χ2v) is 10.5. The van der Waals surface area contributed by atoms with Crippen molar-refractivity contribution in [1.29, 1.82) is 0 Å². The number of hydrogen-bond donors (Lipinski definition) is 1. The van der Waals surface area contributed by atoms with E-state index in [-0.39, 0.29) is 0 Å². The first-order chi connectivity index (χ1) is 10.9. The Balaban J connectivity index is 0. The van der Waals surface area contributed by atoms with Crippen LogP contribution < -0.4 is 9.23 Å². The van der Waals surface area contributed by atoms with Gasteiger partial charge in [-0.05, 0) is 6.42 Å². The molecule has 26 heavy (non-hydrogen) atoms. The number of quaternary nitrogens is 1. The molecule has 0 atom stereocenters. The molecule has 0 aromatic carbocycles. The molecule has 0 spiro atoms. The monoisotopic (exact) mass is 440 g/mol. The summed E-state index contributed by atoms with van der Waals surface area (Å²) >= 11 is 0. The summed E-state index contributed by atoms with van der Waals surface area (Å²) in [6.07, 6.45) is 1.81. The van der Waals surface area contributed by atoms with Crippen molar-refractivity contribution < 1.29 is 52.8 Å². The summed E-state index contributed by atoms with van der Waals surface area (Å²) in [5, 5.41) is 11.2. The fourth-order valence-electron chi connectivity index (χ4n) is 1.22. The van der Waals surface area contributed by atoms with E-state index in [9.17, 15) is 48.3 Å². The Morgan fingerprint density at radius 2 is 1.15 bits per heavy atom. The fraction of sp³-hybridized carbons (Fsp3) is 1.00. The molecule has 0 fully saturated rings. The van der Waals surface area contributed by atoms with Crippen LogP contribution in [0.15, 0.2) is 0 Å². The topological polar surface area (TPSA) is 103 Å². The quantitative estimate of drug-likeness (QED) is 0.488. The number of alkyl halides is 6. The van der Waals surface area contributed by atoms with Crippen LogP contribution in [0.4, 0.5) is 26.3 Å². The Kier molecular flexibility index (Phi) is 9.10. The summed E-state index contributed by atoms with van der Waals surface area (Å²) < 4.78 is 109. The Bertz CT molecular complexity index is 587. The van der Waals surface area contributed by atoms with Crippen molar-refractivity contribution in [3.05, 3.63) is 0 Å². The van der Waals surface area contributed by atoms with Gasteiger partial charge in [0.2, 0.25) is 0 Å². The van der Waals surface area contributed by atoms with Gasteiger partial charge in [-0.25, -0.2) is 16.8 Å². The zero-order valence-electron chi connectivity index (χ0n) is 14.7. The number of nitrogens with one attached hydrogen (secondary N) is 1. The molecule has 0 rings (SSSR count). The highest BCUT2D eigenvalue weighted by Crippen LogP contribution is 2.27. The van der Waals surface area contributed by atoms with Crippen molar-refractivity contribution in [2.45, 2.75) is 43.3 Å². The lowest BCUT2D eigenvalue weighted by Crippen LogP contribution is -2.45. The zero-order valence-corrected chi connectivity index (χ0v) is 16.3. The van der Waals surface area contributed by atoms with Crippen LogP contribution in [0.25, 0.3) is 0 Å². The van der Waals surface area contributed by atoms with Crippen molar-refractivity contribution in [2.75, 3.05) is 27.7 Å². The molecule has 0 bridgehead atoms. The van der Waals surface area contributed by atoms with Gasteiger partial charge in [-0.2, -0.15) is 26.3 Å². The van der Waals surface area contributed by atoms with Crippen LogP contribution in [0.2, 0.25) is 0 Å². The molecule has 0 aromatic heterocycles. The Morgan fingerprint density at radius 3 is 1.35 bits per heavy atom. The van der Waals surface area contributed by atoms with E-state index in [2.05, 4.69) is 21.1 Å². The maximum Gasteiger partial charge on any atom is 0.512 e. The standard InChI is InChI=1S/C9H21NO.C2HF6NO4S2/c1-9(2,11)7-6-8-10(3,4)5;3-1(4,5)14(10,11)9-15(12,13)2(6,7)8/h6-8H2,1-5H3;9H. The average Bonchev–Trinajstić information content (AvgIpc) is 2.20. The Labute approximate surface area is 148 Å². The SMILES string of the molecule is CC(C)([O-])CCC[N+](C)(C)C.O=S(=O)(NS(=O)(=O)C(F)(F)F)C(F)(F)F. The second-order valence-electron chi connectivity index (χ2n) is 6.86. The van der Waals surface area contributed by atoms with E-state index in [0.29, 0.717) is 0 Å². The minimum atomic E-state index is -6.60. The lowest BCUT2D eigenvalue weighted by molar-refractivity contribution is -0.870. The van der Waals surface area contributed by atoms with Gasteiger partial charge < -0.3 is 9.59 Å². The summed E-state index contributed by atoms with van der Waals surface area (Å²) in [4.78, 5) is 0. The van der Waals surface area contributed by atoms with Crippen molar-refractivity contribution in [3.8, 4) is 0 Å². The molecule has 0 saturated heterocycles. The molecule has 1 N–H and O–H groups in total. The lowest BCUT2D eigenvalue weighted by Gasteiger charge is -2.33. The van der Waals surface area contributed by atoms with E-state index >= 15 is 0 Å². The van der Waals surface area contributed by atoms with Gasteiger partial charge in [-0.3, -0.25) is 0 Å². The number of nitrogens with zero attached hydrogens (tertiary/aromatic N) is 1. The van der Waals surface area contributed by atoms with Crippen molar-refractivity contribution >= 4 is 20.0 Å². The van der Waals surface area contributed by atoms with Crippen LogP contribution in [-0.2, 0) is 20.0 Å². The first-order valence-corrected chi connectivity index (χ1v) is 9.80. The molecule has 0 saturated carbocycles. The van der Waals surface area contributed by atoms with E-state index in [1.807, 2.05) is 0 Å². The Hall–Kier alpha value is -0.640. The van der Waals surface area contributed by atoms with Gasteiger partial charge in [-0.1, -0.05) is 24.4 Å². The van der Waals surface area contributed by atoms with Crippen LogP contribution in [0, 0.1) is 0 Å². The predicted octanol–water partition coefficient (Wildman–Crippen LogP) is 0.887. The molecule has 15 heteroatoms. The number of rotatable bonds is 6. The van der Waals surface area contributed by atoms with Gasteiger partial charge >= 0.3 is 31.1 Å². The molecular weight excluding hydrogens is 418 g/mol. The summed E-state index contributed by atoms with van der Waals surface area (Å²) in [6, 6.07) is 0. The van der Waals surface area contributed by atoms with Crippen LogP contribution >= 0.6 is 0 Å². The van der Waals surface area contributed by atoms with Crippen LogP contribution in [-0.4, -0.2) is 65.6 Å². The van der Waals surface area contributed by atoms with Gasteiger partial charge in [0, 0.05) is 0 Å². The molecule has 7 nitrogen and oxygen atoms in total. The van der Waals surface area contributed by atoms with E-state index in [0.717, 1.165) is 23.9 Å². The van der Waals surface area contributed by atoms with Gasteiger partial charge in [-0.15, -0.1) is 5.60 Å². The molecule has 0 radical (unpaired) electrons. The molecule has 0 amide bonds. The molecule has 0 unspecified atom stereocenters. The van der Waals surface area contributed by atoms with Gasteiger partial charge in [0.15, 0.2) is 0 Å². The first-order valence-electron chi connectivity index (χ1n) is 6.83. The molecule has 0 aromatic rings. The van der Waals surface area contributed by atoms with Gasteiger partial charge in [0.1, 0.15) is 0 Å². The third-order valence-electron chi connectivity index (χ3n) is 2.44. The maximum atomic E-state index is 11.5. The number of hydrogen-bond acceptors (Lipinski definition) is 5. The lowest BCUT2D eigenvalue weighted by atomic mass is 10.0. The molecular formula is C11H22F6N2O5S2. The summed E-state index contributed by atoms with van der Waals surface area (Å²) in [7, 11) is -6.74. The third kappa shape index (κ3) is 11.9. The van der Waals surface area contributed by atoms with E-state index in [1.165, 1.54) is 0 Å². The fourth-order valence-corrected chi connectivity index (χ4v) is 3.13. The van der Waals surface area contributed by atoms with Crippen LogP contribution in [0.1, 0.15) is 26.7 Å². The minimum Gasteiger partial charge on any atom is -0.850 e. The highest BCUT2D eigenvalue weighted by atomic mass is 32.3. The Morgan fingerprint density at radius 1 is 0.846 bits per heavy atom. The summed E-state index contributed by atoms with van der Waals surface area (Å²) in [6.45, 7) is 4.59. The molecule has 0 aliphatic heterocycles. The molecule has 0 aliphatic carbocycles. The summed E-state index contributed by atoms with van der Waals surface area (Å²) in [5.41, 5.74) is -13.0. The zero-order chi connectivity index (χ0) is 21.8. The van der Waals surface area contributed by atoms with Crippen molar-refractivity contribution in [3.63, 3.8) is 0 Å². The van der Waals surface area contributed by atoms with Crippen LogP contribution in [0.3, 0.4) is 0 Å². The van der Waals surface area contributed by atoms with E-state index < -0.39 is 40.8 Å². The highest BCUT2D eigenvalue weighted by molar-refractivity contribution is 8.05. The predicted molar refractivity (Wildman–Crippen MR) is 79.3 cm³/mol. The van der Waals surface area contributed by atoms with Gasteiger partial charge in [0.05, 0.1) is 27.7 Å².